The Labute approximate surface area is 199 Å². The van der Waals surface area contributed by atoms with Crippen molar-refractivity contribution >= 4 is 28.5 Å². The monoisotopic (exact) mass is 480 g/mol. The van der Waals surface area contributed by atoms with Crippen molar-refractivity contribution in [3.05, 3.63) is 95.6 Å². The standard InChI is InChI=1S/C26H23F3N4O2/c1-15(2)24(33-14-31-22-11-20(28)21(29)12-23(22)33)26(35)30-13-16-4-3-5-19(10-16)32-25(34)17-6-8-18(27)9-7-17/h3-12,14-15,24H,13H2,1-2H3,(H,30,35)(H,32,34). The van der Waals surface area contributed by atoms with Crippen molar-refractivity contribution in [1.82, 2.24) is 14.9 Å². The number of aromatic nitrogens is 2. The number of benzene rings is 3. The lowest BCUT2D eigenvalue weighted by Crippen LogP contribution is -2.35. The van der Waals surface area contributed by atoms with Crippen LogP contribution < -0.4 is 10.6 Å². The van der Waals surface area contributed by atoms with E-state index in [-0.39, 0.29) is 29.8 Å². The topological polar surface area (TPSA) is 76.0 Å². The van der Waals surface area contributed by atoms with Gasteiger partial charge in [-0.25, -0.2) is 18.2 Å². The van der Waals surface area contributed by atoms with Gasteiger partial charge in [-0.15, -0.1) is 0 Å². The summed E-state index contributed by atoms with van der Waals surface area (Å²) in [5.74, 6) is -3.31. The van der Waals surface area contributed by atoms with E-state index < -0.39 is 23.5 Å². The van der Waals surface area contributed by atoms with E-state index in [1.165, 1.54) is 35.2 Å². The lowest BCUT2D eigenvalue weighted by atomic mass is 10.0. The van der Waals surface area contributed by atoms with Crippen LogP contribution in [0.2, 0.25) is 0 Å². The minimum Gasteiger partial charge on any atom is -0.350 e. The minimum atomic E-state index is -1.01. The van der Waals surface area contributed by atoms with Gasteiger partial charge in [0.15, 0.2) is 11.6 Å². The molecule has 4 aromatic rings. The molecule has 0 saturated heterocycles. The molecule has 0 aliphatic rings. The second-order valence-electron chi connectivity index (χ2n) is 8.47. The van der Waals surface area contributed by atoms with Gasteiger partial charge in [0.25, 0.3) is 5.91 Å². The van der Waals surface area contributed by atoms with Crippen LogP contribution in [-0.2, 0) is 11.3 Å². The first kappa shape index (κ1) is 24.0. The second-order valence-corrected chi connectivity index (χ2v) is 8.47. The molecule has 9 heteroatoms. The number of carbonyl (C=O) groups is 2. The zero-order valence-corrected chi connectivity index (χ0v) is 19.1. The molecule has 35 heavy (non-hydrogen) atoms. The van der Waals surface area contributed by atoms with Crippen LogP contribution in [0.15, 0.2) is 67.0 Å². The maximum atomic E-state index is 13.8. The highest BCUT2D eigenvalue weighted by molar-refractivity contribution is 6.04. The first-order valence-electron chi connectivity index (χ1n) is 11.0. The molecule has 6 nitrogen and oxygen atoms in total. The average molecular weight is 480 g/mol. The average Bonchev–Trinajstić information content (AvgIpc) is 3.20. The Balaban J connectivity index is 1.47. The molecular weight excluding hydrogens is 457 g/mol. The van der Waals surface area contributed by atoms with Gasteiger partial charge in [0.2, 0.25) is 5.91 Å². The summed E-state index contributed by atoms with van der Waals surface area (Å²) < 4.78 is 42.0. The molecule has 0 aliphatic heterocycles. The molecule has 3 aromatic carbocycles. The molecule has 0 saturated carbocycles. The van der Waals surface area contributed by atoms with E-state index in [4.69, 9.17) is 0 Å². The van der Waals surface area contributed by atoms with Crippen molar-refractivity contribution in [2.24, 2.45) is 5.92 Å². The minimum absolute atomic E-state index is 0.165. The van der Waals surface area contributed by atoms with Crippen LogP contribution in [0.5, 0.6) is 0 Å². The number of rotatable bonds is 7. The predicted molar refractivity (Wildman–Crippen MR) is 126 cm³/mol. The lowest BCUT2D eigenvalue weighted by molar-refractivity contribution is -0.125. The summed E-state index contributed by atoms with van der Waals surface area (Å²) in [6.45, 7) is 3.88. The number of anilines is 1. The molecule has 0 fully saturated rings. The Hall–Kier alpha value is -4.14. The highest BCUT2D eigenvalue weighted by atomic mass is 19.2. The van der Waals surface area contributed by atoms with Crippen molar-refractivity contribution in [3.63, 3.8) is 0 Å². The second kappa shape index (κ2) is 10.0. The van der Waals surface area contributed by atoms with E-state index in [9.17, 15) is 22.8 Å². The van der Waals surface area contributed by atoms with Crippen molar-refractivity contribution in [2.45, 2.75) is 26.4 Å². The molecule has 1 unspecified atom stereocenters. The number of imidazole rings is 1. The lowest BCUT2D eigenvalue weighted by Gasteiger charge is -2.22. The summed E-state index contributed by atoms with van der Waals surface area (Å²) in [7, 11) is 0. The van der Waals surface area contributed by atoms with Gasteiger partial charge in [0, 0.05) is 29.9 Å². The van der Waals surface area contributed by atoms with Crippen LogP contribution in [0.3, 0.4) is 0 Å². The summed E-state index contributed by atoms with van der Waals surface area (Å²) in [6, 6.07) is 13.5. The summed E-state index contributed by atoms with van der Waals surface area (Å²) in [5, 5.41) is 5.61. The number of nitrogens with zero attached hydrogens (tertiary/aromatic N) is 2. The quantitative estimate of drug-likeness (QED) is 0.381. The van der Waals surface area contributed by atoms with Gasteiger partial charge in [-0.3, -0.25) is 9.59 Å². The maximum Gasteiger partial charge on any atom is 0.255 e. The SMILES string of the molecule is CC(C)C(C(=O)NCc1cccc(NC(=O)c2ccc(F)cc2)c1)n1cnc2cc(F)c(F)cc21. The molecule has 4 rings (SSSR count). The third-order valence-corrected chi connectivity index (χ3v) is 5.57. The van der Waals surface area contributed by atoms with Crippen LogP contribution in [0, 0.1) is 23.4 Å². The number of fused-ring (bicyclic) bond motifs is 1. The first-order valence-corrected chi connectivity index (χ1v) is 11.0. The molecular formula is C26H23F3N4O2. The summed E-state index contributed by atoms with van der Waals surface area (Å²) in [6.07, 6.45) is 1.40. The molecule has 0 aliphatic carbocycles. The van der Waals surface area contributed by atoms with E-state index in [2.05, 4.69) is 15.6 Å². The normalized spacial score (nSPS) is 12.1. The van der Waals surface area contributed by atoms with Crippen molar-refractivity contribution in [3.8, 4) is 0 Å². The Kier molecular flexibility index (Phi) is 6.86. The molecule has 1 heterocycles. The molecule has 0 bridgehead atoms. The molecule has 0 spiro atoms. The molecule has 0 radical (unpaired) electrons. The highest BCUT2D eigenvalue weighted by Gasteiger charge is 2.26. The van der Waals surface area contributed by atoms with E-state index in [1.54, 1.807) is 24.3 Å². The number of hydrogen-bond acceptors (Lipinski definition) is 3. The first-order chi connectivity index (χ1) is 16.7. The molecule has 180 valence electrons. The van der Waals surface area contributed by atoms with Gasteiger partial charge in [0.1, 0.15) is 11.9 Å². The molecule has 1 aromatic heterocycles. The fraction of sp³-hybridized carbons (Fsp3) is 0.192. The number of hydrogen-bond donors (Lipinski definition) is 2. The van der Waals surface area contributed by atoms with Crippen LogP contribution in [0.4, 0.5) is 18.9 Å². The van der Waals surface area contributed by atoms with Gasteiger partial charge in [-0.1, -0.05) is 26.0 Å². The molecule has 1 atom stereocenters. The largest absolute Gasteiger partial charge is 0.350 e. The third kappa shape index (κ3) is 5.34. The van der Waals surface area contributed by atoms with Gasteiger partial charge >= 0.3 is 0 Å². The number of carbonyl (C=O) groups excluding carboxylic acids is 2. The van der Waals surface area contributed by atoms with Gasteiger partial charge < -0.3 is 15.2 Å². The number of amides is 2. The number of halogens is 3. The van der Waals surface area contributed by atoms with Gasteiger partial charge in [0.05, 0.1) is 17.4 Å². The fourth-order valence-corrected chi connectivity index (χ4v) is 3.85. The third-order valence-electron chi connectivity index (χ3n) is 5.57. The Morgan fingerprint density at radius 1 is 0.971 bits per heavy atom. The zero-order chi connectivity index (χ0) is 25.1. The summed E-state index contributed by atoms with van der Waals surface area (Å²) >= 11 is 0. The van der Waals surface area contributed by atoms with Gasteiger partial charge in [-0.05, 0) is 47.9 Å². The van der Waals surface area contributed by atoms with E-state index in [0.717, 1.165) is 17.7 Å². The van der Waals surface area contributed by atoms with Crippen LogP contribution in [0.25, 0.3) is 11.0 Å². The zero-order valence-electron chi connectivity index (χ0n) is 19.1. The van der Waals surface area contributed by atoms with Crippen LogP contribution in [0.1, 0.15) is 35.8 Å². The molecule has 2 N–H and O–H groups in total. The Morgan fingerprint density at radius 2 is 1.69 bits per heavy atom. The predicted octanol–water partition coefficient (Wildman–Crippen LogP) is 5.22. The summed E-state index contributed by atoms with van der Waals surface area (Å²) in [4.78, 5) is 29.6. The number of nitrogens with one attached hydrogen (secondary N) is 2. The Morgan fingerprint density at radius 3 is 2.40 bits per heavy atom. The molecule has 2 amide bonds. The van der Waals surface area contributed by atoms with Gasteiger partial charge in [-0.2, -0.15) is 0 Å². The Bertz CT molecular complexity index is 1380. The van der Waals surface area contributed by atoms with Crippen LogP contribution >= 0.6 is 0 Å². The highest BCUT2D eigenvalue weighted by Crippen LogP contribution is 2.26. The van der Waals surface area contributed by atoms with Crippen molar-refractivity contribution in [2.75, 3.05) is 5.32 Å². The fourth-order valence-electron chi connectivity index (χ4n) is 3.85. The van der Waals surface area contributed by atoms with E-state index >= 15 is 0 Å². The van der Waals surface area contributed by atoms with Crippen molar-refractivity contribution < 1.29 is 22.8 Å². The maximum absolute atomic E-state index is 13.8. The van der Waals surface area contributed by atoms with Crippen molar-refractivity contribution in [1.29, 1.82) is 0 Å². The van der Waals surface area contributed by atoms with Crippen LogP contribution in [-0.4, -0.2) is 21.4 Å². The van der Waals surface area contributed by atoms with E-state index in [0.29, 0.717) is 16.8 Å². The summed E-state index contributed by atoms with van der Waals surface area (Å²) in [5.41, 5.74) is 2.15. The smallest absolute Gasteiger partial charge is 0.255 e. The van der Waals surface area contributed by atoms with E-state index in [1.807, 2.05) is 13.8 Å².